The van der Waals surface area contributed by atoms with E-state index in [0.717, 1.165) is 0 Å². The predicted molar refractivity (Wildman–Crippen MR) is 54.6 cm³/mol. The highest BCUT2D eigenvalue weighted by Crippen LogP contribution is 2.24. The van der Waals surface area contributed by atoms with Gasteiger partial charge in [-0.1, -0.05) is 0 Å². The summed E-state index contributed by atoms with van der Waals surface area (Å²) in [5, 5.41) is 11.3. The third-order valence-electron chi connectivity index (χ3n) is 2.09. The van der Waals surface area contributed by atoms with E-state index in [2.05, 4.69) is 4.98 Å². The monoisotopic (exact) mass is 234 g/mol. The standard InChI is InChI=1S/C7H10N2O3S2/c10-6-5-13-7(8-6)9-1-3-14(11,12)4-2-9/h5,10H,1-4H2. The van der Waals surface area contributed by atoms with Crippen LogP contribution in [0.3, 0.4) is 0 Å². The predicted octanol–water partition coefficient (Wildman–Crippen LogP) is 0.0835. The molecular weight excluding hydrogens is 224 g/mol. The molecule has 1 aromatic rings. The highest BCUT2D eigenvalue weighted by atomic mass is 32.2. The Labute approximate surface area is 85.9 Å². The van der Waals surface area contributed by atoms with E-state index in [4.69, 9.17) is 5.11 Å². The zero-order valence-corrected chi connectivity index (χ0v) is 9.01. The molecule has 1 aliphatic rings. The van der Waals surface area contributed by atoms with Gasteiger partial charge in [0.05, 0.1) is 16.9 Å². The minimum absolute atomic E-state index is 0.00145. The summed E-state index contributed by atoms with van der Waals surface area (Å²) in [5.41, 5.74) is 0. The molecule has 2 rings (SSSR count). The Kier molecular flexibility index (Phi) is 2.36. The van der Waals surface area contributed by atoms with E-state index in [1.54, 1.807) is 5.38 Å². The lowest BCUT2D eigenvalue weighted by atomic mass is 10.5. The third kappa shape index (κ3) is 1.98. The molecule has 5 nitrogen and oxygen atoms in total. The summed E-state index contributed by atoms with van der Waals surface area (Å²) in [5.74, 6) is 0.346. The molecule has 1 N–H and O–H groups in total. The van der Waals surface area contributed by atoms with Gasteiger partial charge in [0.25, 0.3) is 0 Å². The van der Waals surface area contributed by atoms with Crippen molar-refractivity contribution in [3.8, 4) is 5.88 Å². The first kappa shape index (κ1) is 9.72. The van der Waals surface area contributed by atoms with Gasteiger partial charge in [0.2, 0.25) is 5.88 Å². The van der Waals surface area contributed by atoms with Gasteiger partial charge in [-0.15, -0.1) is 11.3 Å². The molecule has 0 bridgehead atoms. The fraction of sp³-hybridized carbons (Fsp3) is 0.571. The lowest BCUT2D eigenvalue weighted by molar-refractivity contribution is 0.457. The van der Waals surface area contributed by atoms with Crippen LogP contribution in [-0.2, 0) is 9.84 Å². The van der Waals surface area contributed by atoms with Crippen LogP contribution in [0.25, 0.3) is 0 Å². The maximum Gasteiger partial charge on any atom is 0.223 e. The Hall–Kier alpha value is -0.820. The van der Waals surface area contributed by atoms with E-state index in [9.17, 15) is 8.42 Å². The van der Waals surface area contributed by atoms with Gasteiger partial charge in [0.15, 0.2) is 15.0 Å². The number of hydrogen-bond donors (Lipinski definition) is 1. The first-order valence-corrected chi connectivity index (χ1v) is 6.87. The molecule has 14 heavy (non-hydrogen) atoms. The van der Waals surface area contributed by atoms with Crippen LogP contribution in [0.2, 0.25) is 0 Å². The molecule has 1 saturated heterocycles. The topological polar surface area (TPSA) is 70.5 Å². The minimum atomic E-state index is -2.84. The molecule has 0 atom stereocenters. The first-order chi connectivity index (χ1) is 6.57. The van der Waals surface area contributed by atoms with Crippen LogP contribution in [0.5, 0.6) is 5.88 Å². The van der Waals surface area contributed by atoms with Crippen LogP contribution in [0.4, 0.5) is 5.13 Å². The third-order valence-corrected chi connectivity index (χ3v) is 4.59. The molecule has 0 aliphatic carbocycles. The summed E-state index contributed by atoms with van der Waals surface area (Å²) >= 11 is 1.33. The van der Waals surface area contributed by atoms with E-state index in [1.807, 2.05) is 4.90 Å². The molecule has 0 aromatic carbocycles. The van der Waals surface area contributed by atoms with Crippen LogP contribution >= 0.6 is 11.3 Å². The second-order valence-corrected chi connectivity index (χ2v) is 6.27. The maximum atomic E-state index is 11.1. The van der Waals surface area contributed by atoms with Crippen molar-refractivity contribution >= 4 is 26.3 Å². The van der Waals surface area contributed by atoms with Crippen molar-refractivity contribution in [2.75, 3.05) is 29.5 Å². The molecule has 1 fully saturated rings. The van der Waals surface area contributed by atoms with Crippen LogP contribution in [0, 0.1) is 0 Å². The molecule has 0 unspecified atom stereocenters. The van der Waals surface area contributed by atoms with Crippen molar-refractivity contribution in [1.82, 2.24) is 4.98 Å². The average molecular weight is 234 g/mol. The Morgan fingerprint density at radius 2 is 2.07 bits per heavy atom. The van der Waals surface area contributed by atoms with Crippen LogP contribution < -0.4 is 4.90 Å². The molecule has 1 aliphatic heterocycles. The van der Waals surface area contributed by atoms with Crippen molar-refractivity contribution in [3.05, 3.63) is 5.38 Å². The Morgan fingerprint density at radius 1 is 1.43 bits per heavy atom. The smallest absolute Gasteiger partial charge is 0.223 e. The SMILES string of the molecule is O=S1(=O)CCN(c2nc(O)cs2)CC1. The van der Waals surface area contributed by atoms with Gasteiger partial charge in [-0.05, 0) is 0 Å². The van der Waals surface area contributed by atoms with Crippen molar-refractivity contribution in [2.24, 2.45) is 0 Å². The van der Waals surface area contributed by atoms with Gasteiger partial charge in [-0.25, -0.2) is 8.42 Å². The summed E-state index contributed by atoms with van der Waals surface area (Å²) in [6.45, 7) is 0.935. The lowest BCUT2D eigenvalue weighted by Crippen LogP contribution is -2.40. The van der Waals surface area contributed by atoms with E-state index in [-0.39, 0.29) is 17.4 Å². The second-order valence-electron chi connectivity index (χ2n) is 3.13. The molecule has 2 heterocycles. The van der Waals surface area contributed by atoms with Crippen LogP contribution in [0.15, 0.2) is 5.38 Å². The summed E-state index contributed by atoms with van der Waals surface area (Å²) in [6, 6.07) is 0. The average Bonchev–Trinajstić information content (AvgIpc) is 2.52. The zero-order valence-electron chi connectivity index (χ0n) is 7.38. The number of sulfone groups is 1. The number of hydrogen-bond acceptors (Lipinski definition) is 6. The van der Waals surface area contributed by atoms with Crippen molar-refractivity contribution in [3.63, 3.8) is 0 Å². The summed E-state index contributed by atoms with van der Waals surface area (Å²) in [6.07, 6.45) is 0. The van der Waals surface area contributed by atoms with E-state index >= 15 is 0 Å². The van der Waals surface area contributed by atoms with Gasteiger partial charge in [-0.2, -0.15) is 4.98 Å². The number of aromatic hydroxyl groups is 1. The van der Waals surface area contributed by atoms with Crippen LogP contribution in [0.1, 0.15) is 0 Å². The van der Waals surface area contributed by atoms with Crippen LogP contribution in [-0.4, -0.2) is 43.1 Å². The Morgan fingerprint density at radius 3 is 2.57 bits per heavy atom. The summed E-state index contributed by atoms with van der Waals surface area (Å²) in [4.78, 5) is 5.77. The van der Waals surface area contributed by atoms with Crippen molar-refractivity contribution < 1.29 is 13.5 Å². The molecule has 7 heteroatoms. The molecule has 1 aromatic heterocycles. The first-order valence-electron chi connectivity index (χ1n) is 4.17. The molecule has 0 amide bonds. The fourth-order valence-electron chi connectivity index (χ4n) is 1.31. The maximum absolute atomic E-state index is 11.1. The van der Waals surface area contributed by atoms with Gasteiger partial charge in [0, 0.05) is 13.1 Å². The zero-order chi connectivity index (χ0) is 10.2. The number of rotatable bonds is 1. The normalized spacial score (nSPS) is 21.0. The van der Waals surface area contributed by atoms with Crippen molar-refractivity contribution in [1.29, 1.82) is 0 Å². The summed E-state index contributed by atoms with van der Waals surface area (Å²) in [7, 11) is -2.84. The highest BCUT2D eigenvalue weighted by Gasteiger charge is 2.23. The molecule has 0 radical (unpaired) electrons. The van der Waals surface area contributed by atoms with Gasteiger partial charge >= 0.3 is 0 Å². The number of thiazole rings is 1. The molecule has 78 valence electrons. The summed E-state index contributed by atoms with van der Waals surface area (Å²) < 4.78 is 22.3. The lowest BCUT2D eigenvalue weighted by Gasteiger charge is -2.25. The highest BCUT2D eigenvalue weighted by molar-refractivity contribution is 7.91. The molecular formula is C7H10N2O3S2. The fourth-order valence-corrected chi connectivity index (χ4v) is 3.25. The van der Waals surface area contributed by atoms with Crippen molar-refractivity contribution in [2.45, 2.75) is 0 Å². The quantitative estimate of drug-likeness (QED) is 0.745. The number of aromatic nitrogens is 1. The Balaban J connectivity index is 2.09. The van der Waals surface area contributed by atoms with E-state index in [0.29, 0.717) is 18.2 Å². The van der Waals surface area contributed by atoms with E-state index in [1.165, 1.54) is 11.3 Å². The van der Waals surface area contributed by atoms with Gasteiger partial charge in [-0.3, -0.25) is 0 Å². The van der Waals surface area contributed by atoms with E-state index < -0.39 is 9.84 Å². The number of anilines is 1. The van der Waals surface area contributed by atoms with Gasteiger partial charge < -0.3 is 10.0 Å². The largest absolute Gasteiger partial charge is 0.493 e. The minimum Gasteiger partial charge on any atom is -0.493 e. The number of nitrogens with zero attached hydrogens (tertiary/aromatic N) is 2. The molecule has 0 saturated carbocycles. The second kappa shape index (κ2) is 3.39. The van der Waals surface area contributed by atoms with Gasteiger partial charge in [0.1, 0.15) is 0 Å². The Bertz CT molecular complexity index is 412. The molecule has 0 spiro atoms.